The molecule has 0 aliphatic carbocycles. The van der Waals surface area contributed by atoms with E-state index in [0.29, 0.717) is 6.61 Å². The molecule has 0 aromatic heterocycles. The summed E-state index contributed by atoms with van der Waals surface area (Å²) in [4.78, 5) is 2.40. The molecule has 1 saturated heterocycles. The molecule has 1 aliphatic rings. The third-order valence-corrected chi connectivity index (χ3v) is 4.12. The van der Waals surface area contributed by atoms with Crippen LogP contribution in [0.25, 0.3) is 0 Å². The molecule has 18 heavy (non-hydrogen) atoms. The first-order chi connectivity index (χ1) is 8.56. The second-order valence-corrected chi connectivity index (χ2v) is 5.92. The lowest BCUT2D eigenvalue weighted by Gasteiger charge is -2.23. The molecule has 108 valence electrons. The minimum Gasteiger partial charge on any atom is -0.389 e. The van der Waals surface area contributed by atoms with Crippen molar-refractivity contribution in [1.29, 1.82) is 0 Å². The molecule has 0 aromatic carbocycles. The number of β-amino-alcohol motifs (C(OH)–C–C–N with tert-alkyl or cyclic N) is 1. The van der Waals surface area contributed by atoms with Gasteiger partial charge in [-0.05, 0) is 38.6 Å². The lowest BCUT2D eigenvalue weighted by atomic mass is 9.87. The van der Waals surface area contributed by atoms with E-state index in [4.69, 9.17) is 4.74 Å². The van der Waals surface area contributed by atoms with E-state index in [9.17, 15) is 5.11 Å². The van der Waals surface area contributed by atoms with Crippen molar-refractivity contribution in [2.45, 2.75) is 59.2 Å². The molecule has 1 fully saturated rings. The molecule has 0 radical (unpaired) electrons. The summed E-state index contributed by atoms with van der Waals surface area (Å²) in [5.74, 6) is 1.69. The molecule has 1 rings (SSSR count). The van der Waals surface area contributed by atoms with E-state index in [-0.39, 0.29) is 12.2 Å². The summed E-state index contributed by atoms with van der Waals surface area (Å²) in [5.41, 5.74) is 0. The summed E-state index contributed by atoms with van der Waals surface area (Å²) in [6.45, 7) is 12.1. The first kappa shape index (κ1) is 15.9. The van der Waals surface area contributed by atoms with Crippen molar-refractivity contribution in [3.8, 4) is 0 Å². The molecule has 2 atom stereocenters. The summed E-state index contributed by atoms with van der Waals surface area (Å²) < 4.78 is 5.45. The smallest absolute Gasteiger partial charge is 0.0900 e. The van der Waals surface area contributed by atoms with Gasteiger partial charge in [0.2, 0.25) is 0 Å². The maximum atomic E-state index is 9.93. The number of aliphatic hydroxyl groups is 1. The highest BCUT2D eigenvalue weighted by Crippen LogP contribution is 2.28. The Morgan fingerprint density at radius 1 is 1.28 bits per heavy atom. The fraction of sp³-hybridized carbons (Fsp3) is 1.00. The van der Waals surface area contributed by atoms with E-state index in [0.717, 1.165) is 31.5 Å². The van der Waals surface area contributed by atoms with Crippen molar-refractivity contribution < 1.29 is 9.84 Å². The fourth-order valence-corrected chi connectivity index (χ4v) is 3.02. The van der Waals surface area contributed by atoms with E-state index in [1.807, 2.05) is 13.8 Å². The Labute approximate surface area is 113 Å². The summed E-state index contributed by atoms with van der Waals surface area (Å²) in [6.07, 6.45) is 3.73. The Morgan fingerprint density at radius 3 is 2.50 bits per heavy atom. The molecule has 3 heteroatoms. The van der Waals surface area contributed by atoms with Crippen molar-refractivity contribution >= 4 is 0 Å². The average molecular weight is 257 g/mol. The van der Waals surface area contributed by atoms with Gasteiger partial charge in [-0.25, -0.2) is 0 Å². The standard InChI is InChI=1S/C15H31NO2/c1-5-13(6-2)14-7-8-16(9-14)10-15(17)11-18-12(3)4/h12-15,17H,5-11H2,1-4H3. The Kier molecular flexibility index (Phi) is 7.20. The summed E-state index contributed by atoms with van der Waals surface area (Å²) in [5, 5.41) is 9.93. The lowest BCUT2D eigenvalue weighted by Crippen LogP contribution is -2.34. The van der Waals surface area contributed by atoms with Gasteiger partial charge in [0.1, 0.15) is 0 Å². The molecular formula is C15H31NO2. The molecule has 0 aromatic rings. The van der Waals surface area contributed by atoms with Gasteiger partial charge in [0, 0.05) is 13.1 Å². The molecule has 1 aliphatic heterocycles. The van der Waals surface area contributed by atoms with Gasteiger partial charge in [0.05, 0.1) is 18.8 Å². The molecule has 0 spiro atoms. The quantitative estimate of drug-likeness (QED) is 0.725. The van der Waals surface area contributed by atoms with Gasteiger partial charge >= 0.3 is 0 Å². The maximum Gasteiger partial charge on any atom is 0.0900 e. The van der Waals surface area contributed by atoms with E-state index in [2.05, 4.69) is 18.7 Å². The highest BCUT2D eigenvalue weighted by molar-refractivity contribution is 4.81. The van der Waals surface area contributed by atoms with Crippen LogP contribution in [0.3, 0.4) is 0 Å². The van der Waals surface area contributed by atoms with E-state index < -0.39 is 0 Å². The number of hydrogen-bond acceptors (Lipinski definition) is 3. The van der Waals surface area contributed by atoms with Gasteiger partial charge in [-0.2, -0.15) is 0 Å². The molecular weight excluding hydrogens is 226 g/mol. The van der Waals surface area contributed by atoms with Crippen LogP contribution in [-0.2, 0) is 4.74 Å². The zero-order valence-electron chi connectivity index (χ0n) is 12.6. The van der Waals surface area contributed by atoms with Crippen molar-refractivity contribution in [2.24, 2.45) is 11.8 Å². The number of hydrogen-bond donors (Lipinski definition) is 1. The summed E-state index contributed by atoms with van der Waals surface area (Å²) in [6, 6.07) is 0. The second kappa shape index (κ2) is 8.13. The first-order valence-electron chi connectivity index (χ1n) is 7.58. The third kappa shape index (κ3) is 5.25. The SMILES string of the molecule is CCC(CC)C1CCN(CC(O)COC(C)C)C1. The molecule has 2 unspecified atom stereocenters. The monoisotopic (exact) mass is 257 g/mol. The number of ether oxygens (including phenoxy) is 1. The average Bonchev–Trinajstić information content (AvgIpc) is 2.76. The zero-order chi connectivity index (χ0) is 13.5. The number of nitrogens with zero attached hydrogens (tertiary/aromatic N) is 1. The minimum absolute atomic E-state index is 0.204. The van der Waals surface area contributed by atoms with Crippen LogP contribution in [0.15, 0.2) is 0 Å². The Bertz CT molecular complexity index is 217. The van der Waals surface area contributed by atoms with Gasteiger partial charge in [0.15, 0.2) is 0 Å². The fourth-order valence-electron chi connectivity index (χ4n) is 3.02. The normalized spacial score (nSPS) is 23.2. The van der Waals surface area contributed by atoms with Gasteiger partial charge in [-0.1, -0.05) is 26.7 Å². The second-order valence-electron chi connectivity index (χ2n) is 5.92. The van der Waals surface area contributed by atoms with Crippen LogP contribution in [0.2, 0.25) is 0 Å². The van der Waals surface area contributed by atoms with Crippen LogP contribution < -0.4 is 0 Å². The topological polar surface area (TPSA) is 32.7 Å². The Morgan fingerprint density at radius 2 is 1.94 bits per heavy atom. The molecule has 1 N–H and O–H groups in total. The van der Waals surface area contributed by atoms with Crippen LogP contribution in [-0.4, -0.2) is 48.5 Å². The highest BCUT2D eigenvalue weighted by atomic mass is 16.5. The largest absolute Gasteiger partial charge is 0.389 e. The van der Waals surface area contributed by atoms with Crippen LogP contribution in [0.1, 0.15) is 47.0 Å². The highest BCUT2D eigenvalue weighted by Gasteiger charge is 2.28. The van der Waals surface area contributed by atoms with Crippen molar-refractivity contribution in [3.05, 3.63) is 0 Å². The molecule has 0 amide bonds. The van der Waals surface area contributed by atoms with Gasteiger partial charge in [-0.3, -0.25) is 0 Å². The molecule has 0 bridgehead atoms. The van der Waals surface area contributed by atoms with E-state index >= 15 is 0 Å². The van der Waals surface area contributed by atoms with E-state index in [1.165, 1.54) is 19.3 Å². The lowest BCUT2D eigenvalue weighted by molar-refractivity contribution is -0.00644. The van der Waals surface area contributed by atoms with Gasteiger partial charge in [-0.15, -0.1) is 0 Å². The third-order valence-electron chi connectivity index (χ3n) is 4.12. The summed E-state index contributed by atoms with van der Waals surface area (Å²) in [7, 11) is 0. The van der Waals surface area contributed by atoms with E-state index in [1.54, 1.807) is 0 Å². The first-order valence-corrected chi connectivity index (χ1v) is 7.58. The van der Waals surface area contributed by atoms with Crippen LogP contribution >= 0.6 is 0 Å². The van der Waals surface area contributed by atoms with Crippen LogP contribution in [0.5, 0.6) is 0 Å². The molecule has 3 nitrogen and oxygen atoms in total. The molecule has 0 saturated carbocycles. The van der Waals surface area contributed by atoms with Gasteiger partial charge in [0.25, 0.3) is 0 Å². The van der Waals surface area contributed by atoms with Crippen molar-refractivity contribution in [1.82, 2.24) is 4.90 Å². The summed E-state index contributed by atoms with van der Waals surface area (Å²) >= 11 is 0. The number of rotatable bonds is 8. The van der Waals surface area contributed by atoms with Crippen molar-refractivity contribution in [2.75, 3.05) is 26.2 Å². The predicted octanol–water partition coefficient (Wildman–Crippen LogP) is 2.53. The Balaban J connectivity index is 2.25. The zero-order valence-corrected chi connectivity index (χ0v) is 12.6. The Hall–Kier alpha value is -0.120. The minimum atomic E-state index is -0.340. The predicted molar refractivity (Wildman–Crippen MR) is 75.7 cm³/mol. The number of likely N-dealkylation sites (tertiary alicyclic amines) is 1. The van der Waals surface area contributed by atoms with Crippen LogP contribution in [0.4, 0.5) is 0 Å². The van der Waals surface area contributed by atoms with Crippen molar-refractivity contribution in [3.63, 3.8) is 0 Å². The number of aliphatic hydroxyl groups excluding tert-OH is 1. The van der Waals surface area contributed by atoms with Crippen LogP contribution in [0, 0.1) is 11.8 Å². The van der Waals surface area contributed by atoms with Gasteiger partial charge < -0.3 is 14.7 Å². The maximum absolute atomic E-state index is 9.93. The molecule has 1 heterocycles.